The number of nitrogens with two attached hydrogens (primary N) is 1. The maximum Gasteiger partial charge on any atom is 0.422 e. The maximum atomic E-state index is 13.1. The molecule has 3 rings (SSSR count). The molecule has 31 heavy (non-hydrogen) atoms. The Morgan fingerprint density at radius 2 is 1.84 bits per heavy atom. The lowest BCUT2D eigenvalue weighted by atomic mass is 9.97. The molecular formula is C19H21F4N5O3. The van der Waals surface area contributed by atoms with Crippen molar-refractivity contribution in [3.8, 4) is 0 Å². The molecule has 168 valence electrons. The number of primary amides is 1. The third kappa shape index (κ3) is 6.33. The summed E-state index contributed by atoms with van der Waals surface area (Å²) in [6.07, 6.45) is -2.98. The minimum Gasteiger partial charge on any atom is -0.440 e. The fourth-order valence-electron chi connectivity index (χ4n) is 3.25. The first-order chi connectivity index (χ1) is 14.6. The molecule has 2 heterocycles. The summed E-state index contributed by atoms with van der Waals surface area (Å²) in [5.74, 6) is -0.767. The lowest BCUT2D eigenvalue weighted by molar-refractivity contribution is -0.162. The second-order valence-corrected chi connectivity index (χ2v) is 7.21. The van der Waals surface area contributed by atoms with Crippen LogP contribution in [0, 0.1) is 11.7 Å². The minimum atomic E-state index is -4.56. The molecule has 0 atom stereocenters. The Kier molecular flexibility index (Phi) is 6.66. The van der Waals surface area contributed by atoms with Crippen LogP contribution in [0.2, 0.25) is 0 Å². The number of halogens is 4. The van der Waals surface area contributed by atoms with Gasteiger partial charge in [0.25, 0.3) is 5.91 Å². The van der Waals surface area contributed by atoms with E-state index in [1.165, 1.54) is 35.4 Å². The van der Waals surface area contributed by atoms with Crippen LogP contribution in [0.5, 0.6) is 0 Å². The van der Waals surface area contributed by atoms with E-state index < -0.39 is 30.6 Å². The summed E-state index contributed by atoms with van der Waals surface area (Å²) >= 11 is 0. The molecule has 0 bridgehead atoms. The van der Waals surface area contributed by atoms with Crippen LogP contribution in [0.4, 0.5) is 33.9 Å². The summed E-state index contributed by atoms with van der Waals surface area (Å²) in [6, 6.07) is 5.51. The molecule has 1 aliphatic rings. The average molecular weight is 443 g/mol. The predicted octanol–water partition coefficient (Wildman–Crippen LogP) is 3.28. The van der Waals surface area contributed by atoms with Gasteiger partial charge in [0.1, 0.15) is 11.4 Å². The zero-order valence-corrected chi connectivity index (χ0v) is 16.4. The molecule has 2 aromatic rings. The number of ether oxygens (including phenoxy) is 1. The molecule has 0 unspecified atom stereocenters. The average Bonchev–Trinajstić information content (AvgIpc) is 3.10. The van der Waals surface area contributed by atoms with Crippen molar-refractivity contribution in [3.63, 3.8) is 0 Å². The van der Waals surface area contributed by atoms with E-state index in [2.05, 4.69) is 15.2 Å². The quantitative estimate of drug-likeness (QED) is 0.668. The van der Waals surface area contributed by atoms with Gasteiger partial charge in [0, 0.05) is 31.5 Å². The Morgan fingerprint density at radius 3 is 2.42 bits per heavy atom. The van der Waals surface area contributed by atoms with Crippen molar-refractivity contribution in [3.05, 3.63) is 41.8 Å². The number of benzene rings is 1. The fourth-order valence-corrected chi connectivity index (χ4v) is 3.25. The van der Waals surface area contributed by atoms with Gasteiger partial charge in [-0.05, 0) is 43.0 Å². The van der Waals surface area contributed by atoms with Crippen molar-refractivity contribution in [1.29, 1.82) is 0 Å². The molecule has 0 radical (unpaired) electrons. The summed E-state index contributed by atoms with van der Waals surface area (Å²) in [7, 11) is 0. The normalized spacial score (nSPS) is 15.0. The molecule has 0 saturated carbocycles. The zero-order valence-electron chi connectivity index (χ0n) is 16.4. The first-order valence-electron chi connectivity index (χ1n) is 9.49. The maximum absolute atomic E-state index is 13.1. The van der Waals surface area contributed by atoms with Gasteiger partial charge < -0.3 is 20.7 Å². The molecule has 2 amide bonds. The van der Waals surface area contributed by atoms with Crippen molar-refractivity contribution >= 4 is 23.5 Å². The Balaban J connectivity index is 1.57. The number of likely N-dealkylation sites (tertiary alicyclic amines) is 1. The van der Waals surface area contributed by atoms with Gasteiger partial charge in [-0.1, -0.05) is 0 Å². The highest BCUT2D eigenvalue weighted by Gasteiger charge is 2.32. The monoisotopic (exact) mass is 443 g/mol. The Hall–Kier alpha value is -3.31. The van der Waals surface area contributed by atoms with E-state index in [4.69, 9.17) is 5.73 Å². The number of carbonyl (C=O) groups is 2. The van der Waals surface area contributed by atoms with Crippen LogP contribution < -0.4 is 11.1 Å². The molecule has 0 spiro atoms. The van der Waals surface area contributed by atoms with Crippen molar-refractivity contribution < 1.29 is 31.9 Å². The third-order valence-corrected chi connectivity index (χ3v) is 4.81. The third-order valence-electron chi connectivity index (χ3n) is 4.81. The summed E-state index contributed by atoms with van der Waals surface area (Å²) in [4.78, 5) is 24.7. The van der Waals surface area contributed by atoms with Crippen molar-refractivity contribution in [2.75, 3.05) is 25.0 Å². The topological polar surface area (TPSA) is 102 Å². The van der Waals surface area contributed by atoms with E-state index in [9.17, 15) is 27.2 Å². The highest BCUT2D eigenvalue weighted by atomic mass is 19.4. The van der Waals surface area contributed by atoms with E-state index in [0.29, 0.717) is 25.1 Å². The van der Waals surface area contributed by atoms with Gasteiger partial charge in [0.2, 0.25) is 0 Å². The lowest BCUT2D eigenvalue weighted by Gasteiger charge is -2.31. The number of anilines is 2. The summed E-state index contributed by atoms with van der Waals surface area (Å²) in [5, 5.41) is 7.26. The largest absolute Gasteiger partial charge is 0.440 e. The number of amides is 2. The molecule has 1 fully saturated rings. The van der Waals surface area contributed by atoms with Crippen LogP contribution in [0.3, 0.4) is 0 Å². The molecule has 1 aliphatic heterocycles. The number of piperidine rings is 1. The molecule has 0 aliphatic carbocycles. The standard InChI is InChI=1S/C19H21F4N5O3/c20-13-1-3-14(4-2-13)25-17-15(16(24)29)10-28(26-17)9-12-5-7-27(8-6-12)18(30)31-11-19(21,22)23/h1-4,10,12H,5-9,11H2,(H2,24,29)(H,25,26). The molecule has 3 N–H and O–H groups in total. The zero-order chi connectivity index (χ0) is 22.6. The van der Waals surface area contributed by atoms with Crippen LogP contribution >= 0.6 is 0 Å². The highest BCUT2D eigenvalue weighted by Crippen LogP contribution is 2.24. The molecule has 1 aromatic carbocycles. The number of hydrogen-bond donors (Lipinski definition) is 2. The van der Waals surface area contributed by atoms with Gasteiger partial charge >= 0.3 is 12.3 Å². The Bertz CT molecular complexity index is 922. The summed E-state index contributed by atoms with van der Waals surface area (Å²) in [5.41, 5.74) is 6.11. The number of nitrogens with one attached hydrogen (secondary N) is 1. The summed E-state index contributed by atoms with van der Waals surface area (Å²) in [6.45, 7) is -0.673. The minimum absolute atomic E-state index is 0.0889. The van der Waals surface area contributed by atoms with Crippen LogP contribution in [0.15, 0.2) is 30.5 Å². The second kappa shape index (κ2) is 9.23. The van der Waals surface area contributed by atoms with Crippen molar-refractivity contribution in [2.45, 2.75) is 25.6 Å². The van der Waals surface area contributed by atoms with Gasteiger partial charge in [0.05, 0.1) is 0 Å². The SMILES string of the molecule is NC(=O)c1cn(CC2CCN(C(=O)OCC(F)(F)F)CC2)nc1Nc1ccc(F)cc1. The first kappa shape index (κ1) is 22.4. The number of nitrogens with zero attached hydrogens (tertiary/aromatic N) is 3. The Labute approximate surface area is 174 Å². The van der Waals surface area contributed by atoms with Gasteiger partial charge in [0.15, 0.2) is 12.4 Å². The summed E-state index contributed by atoms with van der Waals surface area (Å²) < 4.78 is 55.4. The first-order valence-corrected chi connectivity index (χ1v) is 9.49. The molecular weight excluding hydrogens is 422 g/mol. The van der Waals surface area contributed by atoms with E-state index in [1.54, 1.807) is 4.68 Å². The number of carbonyl (C=O) groups excluding carboxylic acids is 2. The highest BCUT2D eigenvalue weighted by molar-refractivity contribution is 5.98. The number of alkyl halides is 3. The van der Waals surface area contributed by atoms with Gasteiger partial charge in [-0.15, -0.1) is 0 Å². The smallest absolute Gasteiger partial charge is 0.422 e. The van der Waals surface area contributed by atoms with E-state index >= 15 is 0 Å². The van der Waals surface area contributed by atoms with Crippen LogP contribution in [-0.4, -0.2) is 52.6 Å². The van der Waals surface area contributed by atoms with Crippen molar-refractivity contribution in [2.24, 2.45) is 11.7 Å². The van der Waals surface area contributed by atoms with Crippen LogP contribution in [0.25, 0.3) is 0 Å². The van der Waals surface area contributed by atoms with E-state index in [0.717, 1.165) is 0 Å². The molecule has 1 saturated heterocycles. The molecule has 12 heteroatoms. The number of hydrogen-bond acceptors (Lipinski definition) is 5. The van der Waals surface area contributed by atoms with Gasteiger partial charge in [-0.3, -0.25) is 9.48 Å². The second-order valence-electron chi connectivity index (χ2n) is 7.21. The van der Waals surface area contributed by atoms with Gasteiger partial charge in [-0.25, -0.2) is 9.18 Å². The van der Waals surface area contributed by atoms with E-state index in [1.807, 2.05) is 0 Å². The molecule has 1 aromatic heterocycles. The number of aromatic nitrogens is 2. The lowest BCUT2D eigenvalue weighted by Crippen LogP contribution is -2.40. The van der Waals surface area contributed by atoms with Gasteiger partial charge in [-0.2, -0.15) is 18.3 Å². The molecule has 8 nitrogen and oxygen atoms in total. The van der Waals surface area contributed by atoms with Crippen LogP contribution in [0.1, 0.15) is 23.2 Å². The fraction of sp³-hybridized carbons (Fsp3) is 0.421. The van der Waals surface area contributed by atoms with Crippen LogP contribution in [-0.2, 0) is 11.3 Å². The van der Waals surface area contributed by atoms with E-state index in [-0.39, 0.29) is 30.4 Å². The predicted molar refractivity (Wildman–Crippen MR) is 102 cm³/mol. The Morgan fingerprint density at radius 1 is 1.19 bits per heavy atom. The number of rotatable bonds is 6. The van der Waals surface area contributed by atoms with Crippen molar-refractivity contribution in [1.82, 2.24) is 14.7 Å².